The molecule has 1 saturated heterocycles. The molecule has 2 fully saturated rings. The van der Waals surface area contributed by atoms with Crippen LogP contribution in [-0.2, 0) is 16.3 Å². The molecule has 0 bridgehead atoms. The van der Waals surface area contributed by atoms with Crippen LogP contribution in [0.2, 0.25) is 0 Å². The van der Waals surface area contributed by atoms with Gasteiger partial charge in [0.1, 0.15) is 17.8 Å². The minimum Gasteiger partial charge on any atom is -0.466 e. The SMILES string of the molecule is CCCC[C@H](CC)CCC(=O)OCn1ccc2c(N(C)C3C[C@@H]4CN(C(=O)Nc5nc(OC)ns5)C[C@@H]4C3)ncnc21. The topological polar surface area (TPSA) is 128 Å². The lowest BCUT2D eigenvalue weighted by Gasteiger charge is -2.28. The molecule has 4 atom stereocenters. The lowest BCUT2D eigenvalue weighted by molar-refractivity contribution is -0.147. The van der Waals surface area contributed by atoms with Crippen LogP contribution in [0.1, 0.15) is 65.2 Å². The fraction of sp³-hybridized carbons (Fsp3) is 0.655. The highest BCUT2D eigenvalue weighted by molar-refractivity contribution is 7.10. The first-order valence-corrected chi connectivity index (χ1v) is 15.8. The fourth-order valence-electron chi connectivity index (χ4n) is 6.39. The minimum absolute atomic E-state index is 0.142. The maximum atomic E-state index is 12.8. The van der Waals surface area contributed by atoms with Crippen molar-refractivity contribution in [1.29, 1.82) is 0 Å². The number of amides is 2. The molecule has 12 nitrogen and oxygen atoms in total. The number of nitrogens with zero attached hydrogens (tertiary/aromatic N) is 7. The second-order valence-electron chi connectivity index (χ2n) is 11.5. The van der Waals surface area contributed by atoms with Crippen molar-refractivity contribution < 1.29 is 19.1 Å². The Labute approximate surface area is 251 Å². The molecular formula is C29H42N8O4S. The Balaban J connectivity index is 1.14. The summed E-state index contributed by atoms with van der Waals surface area (Å²) in [5, 5.41) is 4.22. The van der Waals surface area contributed by atoms with Gasteiger partial charge in [0.05, 0.1) is 12.5 Å². The van der Waals surface area contributed by atoms with Crippen molar-refractivity contribution >= 4 is 45.5 Å². The first-order valence-electron chi connectivity index (χ1n) is 15.0. The Kier molecular flexibility index (Phi) is 9.76. The molecule has 0 radical (unpaired) electrons. The van der Waals surface area contributed by atoms with E-state index in [4.69, 9.17) is 9.47 Å². The fourth-order valence-corrected chi connectivity index (χ4v) is 6.93. The van der Waals surface area contributed by atoms with Crippen LogP contribution in [0.4, 0.5) is 15.7 Å². The highest BCUT2D eigenvalue weighted by Gasteiger charge is 2.44. The van der Waals surface area contributed by atoms with Crippen LogP contribution >= 0.6 is 11.5 Å². The summed E-state index contributed by atoms with van der Waals surface area (Å²) in [6.45, 7) is 5.97. The Morgan fingerprint density at radius 3 is 2.67 bits per heavy atom. The second kappa shape index (κ2) is 13.7. The third kappa shape index (κ3) is 6.77. The smallest absolute Gasteiger partial charge is 0.329 e. The van der Waals surface area contributed by atoms with Gasteiger partial charge in [-0.05, 0) is 43.1 Å². The number of methoxy groups -OCH3 is 1. The lowest BCUT2D eigenvalue weighted by atomic mass is 9.94. The molecule has 1 N–H and O–H groups in total. The number of nitrogens with one attached hydrogen (secondary N) is 1. The predicted molar refractivity (Wildman–Crippen MR) is 162 cm³/mol. The third-order valence-electron chi connectivity index (χ3n) is 8.90. The molecule has 42 heavy (non-hydrogen) atoms. The van der Waals surface area contributed by atoms with Crippen molar-refractivity contribution in [2.24, 2.45) is 17.8 Å². The normalized spacial score (nSPS) is 20.5. The number of hydrogen-bond acceptors (Lipinski definition) is 10. The summed E-state index contributed by atoms with van der Waals surface area (Å²) in [4.78, 5) is 42.7. The van der Waals surface area contributed by atoms with Gasteiger partial charge >= 0.3 is 18.0 Å². The van der Waals surface area contributed by atoms with Crippen molar-refractivity contribution in [2.45, 2.75) is 78.0 Å². The van der Waals surface area contributed by atoms with Crippen LogP contribution in [0.5, 0.6) is 6.01 Å². The van der Waals surface area contributed by atoms with E-state index in [1.54, 1.807) is 6.33 Å². The van der Waals surface area contributed by atoms with Gasteiger partial charge in [-0.3, -0.25) is 14.7 Å². The maximum absolute atomic E-state index is 12.8. The van der Waals surface area contributed by atoms with Gasteiger partial charge in [-0.1, -0.05) is 39.5 Å². The zero-order valence-electron chi connectivity index (χ0n) is 25.0. The Morgan fingerprint density at radius 2 is 1.98 bits per heavy atom. The molecule has 1 saturated carbocycles. The van der Waals surface area contributed by atoms with Gasteiger partial charge < -0.3 is 19.3 Å². The molecule has 1 unspecified atom stereocenters. The van der Waals surface area contributed by atoms with Gasteiger partial charge in [0, 0.05) is 50.3 Å². The molecule has 3 aromatic heterocycles. The summed E-state index contributed by atoms with van der Waals surface area (Å²) in [5.74, 6) is 2.15. The van der Waals surface area contributed by atoms with Crippen LogP contribution in [0.25, 0.3) is 11.0 Å². The number of likely N-dealkylation sites (tertiary alicyclic amines) is 1. The van der Waals surface area contributed by atoms with Crippen LogP contribution in [-0.4, -0.2) is 74.1 Å². The van der Waals surface area contributed by atoms with Gasteiger partial charge in [-0.25, -0.2) is 14.8 Å². The number of hydrogen-bond donors (Lipinski definition) is 1. The van der Waals surface area contributed by atoms with E-state index >= 15 is 0 Å². The molecular weight excluding hydrogens is 556 g/mol. The van der Waals surface area contributed by atoms with E-state index in [2.05, 4.69) is 50.4 Å². The number of carbonyl (C=O) groups excluding carboxylic acids is 2. The number of anilines is 2. The first kappa shape index (κ1) is 30.0. The van der Waals surface area contributed by atoms with E-state index in [9.17, 15) is 9.59 Å². The van der Waals surface area contributed by atoms with Gasteiger partial charge in [-0.15, -0.1) is 4.37 Å². The molecule has 0 aromatic carbocycles. The number of esters is 1. The number of urea groups is 1. The van der Waals surface area contributed by atoms with Gasteiger partial charge in [0.2, 0.25) is 5.13 Å². The molecule has 5 rings (SSSR count). The minimum atomic E-state index is -0.165. The van der Waals surface area contributed by atoms with Crippen LogP contribution in [0, 0.1) is 17.8 Å². The van der Waals surface area contributed by atoms with Crippen molar-refractivity contribution in [2.75, 3.05) is 37.5 Å². The largest absolute Gasteiger partial charge is 0.466 e. The molecule has 1 aliphatic carbocycles. The summed E-state index contributed by atoms with van der Waals surface area (Å²) in [7, 11) is 3.58. The maximum Gasteiger partial charge on any atom is 0.329 e. The van der Waals surface area contributed by atoms with Crippen molar-refractivity contribution in [3.63, 3.8) is 0 Å². The number of ether oxygens (including phenoxy) is 2. The van der Waals surface area contributed by atoms with E-state index in [0.717, 1.165) is 67.2 Å². The zero-order valence-corrected chi connectivity index (χ0v) is 25.8. The van der Waals surface area contributed by atoms with Crippen molar-refractivity contribution in [3.05, 3.63) is 18.6 Å². The van der Waals surface area contributed by atoms with E-state index in [0.29, 0.717) is 35.3 Å². The summed E-state index contributed by atoms with van der Waals surface area (Å²) < 4.78 is 16.5. The number of carbonyl (C=O) groups is 2. The number of rotatable bonds is 13. The molecule has 1 aliphatic heterocycles. The first-order chi connectivity index (χ1) is 20.4. The van der Waals surface area contributed by atoms with Gasteiger partial charge in [0.15, 0.2) is 6.73 Å². The Hall–Kier alpha value is -3.48. The molecule has 4 heterocycles. The van der Waals surface area contributed by atoms with Crippen molar-refractivity contribution in [3.8, 4) is 6.01 Å². The molecule has 2 aliphatic rings. The molecule has 0 spiro atoms. The van der Waals surface area contributed by atoms with Crippen molar-refractivity contribution in [1.82, 2.24) is 28.8 Å². The number of fused-ring (bicyclic) bond motifs is 2. The Morgan fingerprint density at radius 1 is 1.19 bits per heavy atom. The average molecular weight is 599 g/mol. The van der Waals surface area contributed by atoms with Gasteiger partial charge in [0.25, 0.3) is 0 Å². The van der Waals surface area contributed by atoms with E-state index < -0.39 is 0 Å². The lowest BCUT2D eigenvalue weighted by Crippen LogP contribution is -2.36. The highest BCUT2D eigenvalue weighted by Crippen LogP contribution is 2.41. The molecule has 228 valence electrons. The van der Waals surface area contributed by atoms with Crippen LogP contribution < -0.4 is 15.0 Å². The standard InChI is InChI=1S/C29H42N8O4S/c1-5-7-8-19(6-2)9-10-24(38)41-18-36-12-11-23-25(30-17-31-26(23)36)35(3)22-13-20-15-37(16-21(20)14-22)29(39)33-28-32-27(40-4)34-42-28/h11-12,17,19-22H,5-10,13-16,18H2,1-4H3,(H,32,33,34,39)/t19-,20-,21+,22?/m0/s1. The number of unbranched alkanes of at least 4 members (excludes halogenated alkanes) is 1. The van der Waals surface area contributed by atoms with E-state index in [1.807, 2.05) is 21.7 Å². The highest BCUT2D eigenvalue weighted by atomic mass is 32.1. The predicted octanol–water partition coefficient (Wildman–Crippen LogP) is 5.17. The van der Waals surface area contributed by atoms with Gasteiger partial charge in [-0.2, -0.15) is 4.98 Å². The summed E-state index contributed by atoms with van der Waals surface area (Å²) in [6, 6.07) is 2.43. The zero-order chi connectivity index (χ0) is 29.6. The second-order valence-corrected chi connectivity index (χ2v) is 12.3. The monoisotopic (exact) mass is 598 g/mol. The average Bonchev–Trinajstić information content (AvgIpc) is 3.79. The number of aromatic nitrogens is 5. The van der Waals surface area contributed by atoms with E-state index in [-0.39, 0.29) is 24.7 Å². The molecule has 2 amide bonds. The molecule has 3 aromatic rings. The summed E-state index contributed by atoms with van der Waals surface area (Å²) >= 11 is 1.11. The summed E-state index contributed by atoms with van der Waals surface area (Å²) in [5.41, 5.74) is 0.753. The van der Waals surface area contributed by atoms with E-state index in [1.165, 1.54) is 26.4 Å². The summed E-state index contributed by atoms with van der Waals surface area (Å²) in [6.07, 6.45) is 11.4. The Bertz CT molecular complexity index is 1350. The van der Waals surface area contributed by atoms with Crippen LogP contribution in [0.3, 0.4) is 0 Å². The molecule has 13 heteroatoms. The van der Waals surface area contributed by atoms with Crippen LogP contribution in [0.15, 0.2) is 18.6 Å². The quantitative estimate of drug-likeness (QED) is 0.265. The third-order valence-corrected chi connectivity index (χ3v) is 9.51.